The Morgan fingerprint density at radius 3 is 2.79 bits per heavy atom. The molecule has 1 aliphatic rings. The summed E-state index contributed by atoms with van der Waals surface area (Å²) < 4.78 is 1.84. The van der Waals surface area contributed by atoms with E-state index in [1.807, 2.05) is 17.8 Å². The van der Waals surface area contributed by atoms with E-state index in [9.17, 15) is 4.79 Å². The molecule has 1 aliphatic heterocycles. The largest absolute Gasteiger partial charge is 0.351 e. The van der Waals surface area contributed by atoms with Gasteiger partial charge in [0, 0.05) is 36.8 Å². The van der Waals surface area contributed by atoms with Gasteiger partial charge in [-0.15, -0.1) is 0 Å². The molecule has 0 aliphatic carbocycles. The molecule has 1 unspecified atom stereocenters. The number of hydrogen-bond acceptors (Lipinski definition) is 2. The summed E-state index contributed by atoms with van der Waals surface area (Å²) in [5.41, 5.74) is 0.957. The van der Waals surface area contributed by atoms with Gasteiger partial charge in [0.1, 0.15) is 0 Å². The van der Waals surface area contributed by atoms with E-state index in [4.69, 9.17) is 0 Å². The third-order valence-corrected chi connectivity index (χ3v) is 2.94. The topological polar surface area (TPSA) is 46.9 Å². The molecule has 0 radical (unpaired) electrons. The fourth-order valence-corrected chi connectivity index (χ4v) is 2.14. The lowest BCUT2D eigenvalue weighted by molar-refractivity contribution is -0.119. The van der Waals surface area contributed by atoms with E-state index in [1.165, 1.54) is 0 Å². The minimum absolute atomic E-state index is 0.126. The number of aryl methyl sites for hydroxylation is 1. The van der Waals surface area contributed by atoms with Crippen molar-refractivity contribution in [2.45, 2.75) is 31.7 Å². The smallest absolute Gasteiger partial charge is 0.221 e. The van der Waals surface area contributed by atoms with Crippen LogP contribution in [0.1, 0.15) is 31.9 Å². The van der Waals surface area contributed by atoms with Crippen LogP contribution >= 0.6 is 0 Å². The van der Waals surface area contributed by atoms with Gasteiger partial charge in [-0.25, -0.2) is 0 Å². The van der Waals surface area contributed by atoms with Gasteiger partial charge in [0.15, 0.2) is 0 Å². The quantitative estimate of drug-likeness (QED) is 0.717. The summed E-state index contributed by atoms with van der Waals surface area (Å²) in [6, 6.07) is 1.98. The highest BCUT2D eigenvalue weighted by Crippen LogP contribution is 2.35. The second-order valence-corrected chi connectivity index (χ2v) is 4.41. The predicted octanol–water partition coefficient (Wildman–Crippen LogP) is 0.802. The van der Waals surface area contributed by atoms with E-state index < -0.39 is 0 Å². The molecule has 0 aromatic carbocycles. The summed E-state index contributed by atoms with van der Waals surface area (Å²) in [7, 11) is 1.91. The zero-order valence-electron chi connectivity index (χ0n) is 8.74. The van der Waals surface area contributed by atoms with Crippen LogP contribution < -0.4 is 5.32 Å². The molecule has 0 saturated carbocycles. The number of hydrogen-bond donors (Lipinski definition) is 1. The summed E-state index contributed by atoms with van der Waals surface area (Å²) in [5, 5.41) is 7.11. The van der Waals surface area contributed by atoms with Crippen molar-refractivity contribution in [3.63, 3.8) is 0 Å². The average molecular weight is 193 g/mol. The molecule has 1 fully saturated rings. The van der Waals surface area contributed by atoms with Crippen LogP contribution in [0.5, 0.6) is 0 Å². The van der Waals surface area contributed by atoms with Gasteiger partial charge in [-0.3, -0.25) is 9.48 Å². The first-order valence-electron chi connectivity index (χ1n) is 4.79. The molecule has 1 N–H and O–H groups in total. The Hall–Kier alpha value is -1.32. The summed E-state index contributed by atoms with van der Waals surface area (Å²) in [5.74, 6) is 0.351. The van der Waals surface area contributed by atoms with Gasteiger partial charge < -0.3 is 5.32 Å². The highest BCUT2D eigenvalue weighted by molar-refractivity contribution is 5.81. The molecule has 1 amide bonds. The minimum Gasteiger partial charge on any atom is -0.351 e. The number of nitrogens with zero attached hydrogens (tertiary/aromatic N) is 2. The van der Waals surface area contributed by atoms with Gasteiger partial charge >= 0.3 is 0 Å². The molecular formula is C10H15N3O. The monoisotopic (exact) mass is 193 g/mol. The van der Waals surface area contributed by atoms with Gasteiger partial charge in [0.2, 0.25) is 5.91 Å². The Balaban J connectivity index is 2.36. The average Bonchev–Trinajstić information content (AvgIpc) is 2.55. The maximum atomic E-state index is 11.3. The highest BCUT2D eigenvalue weighted by atomic mass is 16.2. The molecule has 4 heteroatoms. The van der Waals surface area contributed by atoms with Crippen molar-refractivity contribution in [3.8, 4) is 0 Å². The van der Waals surface area contributed by atoms with E-state index >= 15 is 0 Å². The lowest BCUT2D eigenvalue weighted by Gasteiger charge is -2.26. The number of rotatable bonds is 1. The Morgan fingerprint density at radius 1 is 1.64 bits per heavy atom. The molecular weight excluding hydrogens is 178 g/mol. The number of carbonyl (C=O) groups excluding carboxylic acids is 1. The summed E-state index contributed by atoms with van der Waals surface area (Å²) >= 11 is 0. The maximum absolute atomic E-state index is 11.3. The molecule has 4 nitrogen and oxygen atoms in total. The zero-order chi connectivity index (χ0) is 10.3. The maximum Gasteiger partial charge on any atom is 0.221 e. The number of amides is 1. The van der Waals surface area contributed by atoms with E-state index in [-0.39, 0.29) is 17.4 Å². The van der Waals surface area contributed by atoms with E-state index in [1.54, 1.807) is 6.20 Å². The normalized spacial score (nSPS) is 25.1. The van der Waals surface area contributed by atoms with Crippen molar-refractivity contribution in [2.24, 2.45) is 7.05 Å². The van der Waals surface area contributed by atoms with Crippen LogP contribution in [0.25, 0.3) is 0 Å². The molecule has 1 saturated heterocycles. The van der Waals surface area contributed by atoms with Gasteiger partial charge in [-0.05, 0) is 19.9 Å². The van der Waals surface area contributed by atoms with Crippen molar-refractivity contribution in [1.82, 2.24) is 15.1 Å². The van der Waals surface area contributed by atoms with Gasteiger partial charge in [-0.1, -0.05) is 0 Å². The molecule has 0 bridgehead atoms. The van der Waals surface area contributed by atoms with E-state index in [0.717, 1.165) is 5.69 Å². The SMILES string of the molecule is Cn1nccc1C1CC(=O)NC1(C)C. The van der Waals surface area contributed by atoms with Crippen molar-refractivity contribution < 1.29 is 4.79 Å². The van der Waals surface area contributed by atoms with Crippen LogP contribution in [-0.4, -0.2) is 21.2 Å². The number of nitrogens with one attached hydrogen (secondary N) is 1. The van der Waals surface area contributed by atoms with E-state index in [2.05, 4.69) is 24.3 Å². The predicted molar refractivity (Wildman–Crippen MR) is 52.8 cm³/mol. The van der Waals surface area contributed by atoms with Crippen LogP contribution in [0.3, 0.4) is 0 Å². The third kappa shape index (κ3) is 1.31. The summed E-state index contributed by atoms with van der Waals surface area (Å²) in [4.78, 5) is 11.3. The first-order valence-corrected chi connectivity index (χ1v) is 4.79. The summed E-state index contributed by atoms with van der Waals surface area (Å²) in [6.07, 6.45) is 2.33. The molecule has 2 rings (SSSR count). The van der Waals surface area contributed by atoms with Crippen molar-refractivity contribution in [3.05, 3.63) is 18.0 Å². The molecule has 1 aromatic rings. The Bertz CT molecular complexity index is 367. The van der Waals surface area contributed by atoms with Gasteiger partial charge in [0.05, 0.1) is 0 Å². The van der Waals surface area contributed by atoms with Crippen molar-refractivity contribution >= 4 is 5.91 Å². The fraction of sp³-hybridized carbons (Fsp3) is 0.600. The lowest BCUT2D eigenvalue weighted by Crippen LogP contribution is -2.39. The fourth-order valence-electron chi connectivity index (χ4n) is 2.14. The Morgan fingerprint density at radius 2 is 2.36 bits per heavy atom. The first kappa shape index (κ1) is 9.24. The molecule has 0 spiro atoms. The van der Waals surface area contributed by atoms with Gasteiger partial charge in [-0.2, -0.15) is 5.10 Å². The molecule has 1 aromatic heterocycles. The van der Waals surface area contributed by atoms with Crippen LogP contribution in [0.15, 0.2) is 12.3 Å². The van der Waals surface area contributed by atoms with Crippen LogP contribution in [-0.2, 0) is 11.8 Å². The highest BCUT2D eigenvalue weighted by Gasteiger charge is 2.41. The number of aromatic nitrogens is 2. The second kappa shape index (κ2) is 2.83. The standard InChI is InChI=1S/C10H15N3O/c1-10(2)7(6-9(14)12-10)8-4-5-11-13(8)3/h4-5,7H,6H2,1-3H3,(H,12,14). The molecule has 76 valence electrons. The minimum atomic E-state index is -0.162. The second-order valence-electron chi connectivity index (χ2n) is 4.41. The van der Waals surface area contributed by atoms with Crippen molar-refractivity contribution in [2.75, 3.05) is 0 Å². The first-order chi connectivity index (χ1) is 6.50. The zero-order valence-corrected chi connectivity index (χ0v) is 8.74. The van der Waals surface area contributed by atoms with Crippen LogP contribution in [0.2, 0.25) is 0 Å². The lowest BCUT2D eigenvalue weighted by atomic mass is 9.86. The van der Waals surface area contributed by atoms with Gasteiger partial charge in [0.25, 0.3) is 0 Å². The van der Waals surface area contributed by atoms with Crippen LogP contribution in [0.4, 0.5) is 0 Å². The molecule has 2 heterocycles. The van der Waals surface area contributed by atoms with Crippen molar-refractivity contribution in [1.29, 1.82) is 0 Å². The molecule has 14 heavy (non-hydrogen) atoms. The van der Waals surface area contributed by atoms with Crippen LogP contribution in [0, 0.1) is 0 Å². The summed E-state index contributed by atoms with van der Waals surface area (Å²) in [6.45, 7) is 4.10. The Kier molecular flexibility index (Phi) is 1.87. The Labute approximate surface area is 83.3 Å². The molecule has 1 atom stereocenters. The van der Waals surface area contributed by atoms with E-state index in [0.29, 0.717) is 6.42 Å². The number of carbonyl (C=O) groups is 1. The third-order valence-electron chi connectivity index (χ3n) is 2.94.